The number of carboxylic acid groups (broad SMARTS) is 1. The van der Waals surface area contributed by atoms with E-state index in [9.17, 15) is 14.7 Å². The topological polar surface area (TPSA) is 87.1 Å². The lowest BCUT2D eigenvalue weighted by Gasteiger charge is -2.28. The highest BCUT2D eigenvalue weighted by Crippen LogP contribution is 2.23. The van der Waals surface area contributed by atoms with Gasteiger partial charge >= 0.3 is 5.97 Å². The first kappa shape index (κ1) is 12.3. The Balaban J connectivity index is 2.04. The number of aliphatic hydroxyl groups is 1. The molecule has 2 rings (SSSR count). The number of carboxylic acids is 1. The highest BCUT2D eigenvalue weighted by molar-refractivity contribution is 5.87. The number of hydrogen-bond acceptors (Lipinski definition) is 4. The van der Waals surface area contributed by atoms with Crippen molar-refractivity contribution in [1.82, 2.24) is 4.90 Å². The molecule has 6 heteroatoms. The summed E-state index contributed by atoms with van der Waals surface area (Å²) in [7, 11) is 0. The van der Waals surface area contributed by atoms with E-state index >= 15 is 0 Å². The van der Waals surface area contributed by atoms with Gasteiger partial charge in [-0.05, 0) is 19.3 Å². The zero-order chi connectivity index (χ0) is 12.4. The van der Waals surface area contributed by atoms with E-state index in [4.69, 9.17) is 9.84 Å². The molecule has 17 heavy (non-hydrogen) atoms. The van der Waals surface area contributed by atoms with Gasteiger partial charge in [0, 0.05) is 19.6 Å². The Labute approximate surface area is 99.2 Å². The van der Waals surface area contributed by atoms with E-state index in [1.807, 2.05) is 0 Å². The molecule has 0 aromatic carbocycles. The molecule has 0 aliphatic carbocycles. The summed E-state index contributed by atoms with van der Waals surface area (Å²) in [5.41, 5.74) is 0. The van der Waals surface area contributed by atoms with E-state index in [-0.39, 0.29) is 18.9 Å². The van der Waals surface area contributed by atoms with Crippen LogP contribution in [0.2, 0.25) is 0 Å². The van der Waals surface area contributed by atoms with Gasteiger partial charge in [0.05, 0.1) is 6.10 Å². The zero-order valence-corrected chi connectivity index (χ0v) is 9.54. The van der Waals surface area contributed by atoms with Gasteiger partial charge in [0.25, 0.3) is 5.91 Å². The van der Waals surface area contributed by atoms with Gasteiger partial charge < -0.3 is 19.8 Å². The zero-order valence-electron chi connectivity index (χ0n) is 9.54. The minimum Gasteiger partial charge on any atom is -0.480 e. The molecule has 0 aromatic rings. The van der Waals surface area contributed by atoms with Crippen LogP contribution in [-0.2, 0) is 14.3 Å². The van der Waals surface area contributed by atoms with Gasteiger partial charge in [-0.15, -0.1) is 0 Å². The molecule has 0 radical (unpaired) electrons. The quantitative estimate of drug-likeness (QED) is 0.689. The van der Waals surface area contributed by atoms with Crippen LogP contribution in [0.1, 0.15) is 25.7 Å². The van der Waals surface area contributed by atoms with Gasteiger partial charge in [-0.3, -0.25) is 4.79 Å². The number of likely N-dealkylation sites (tertiary alicyclic amines) is 1. The largest absolute Gasteiger partial charge is 0.480 e. The van der Waals surface area contributed by atoms with Gasteiger partial charge in [-0.25, -0.2) is 4.79 Å². The summed E-state index contributed by atoms with van der Waals surface area (Å²) in [6.07, 6.45) is 1.32. The summed E-state index contributed by atoms with van der Waals surface area (Å²) in [5, 5.41) is 18.5. The minimum atomic E-state index is -1.06. The molecule has 0 saturated carbocycles. The molecular formula is C11H17NO5. The second-order valence-corrected chi connectivity index (χ2v) is 4.59. The van der Waals surface area contributed by atoms with Crippen molar-refractivity contribution < 1.29 is 24.5 Å². The third-order valence-corrected chi connectivity index (χ3v) is 3.30. The van der Waals surface area contributed by atoms with E-state index in [1.165, 1.54) is 4.90 Å². The van der Waals surface area contributed by atoms with E-state index in [1.54, 1.807) is 0 Å². The average Bonchev–Trinajstić information content (AvgIpc) is 2.72. The van der Waals surface area contributed by atoms with Crippen LogP contribution in [0.5, 0.6) is 0 Å². The molecule has 2 aliphatic rings. The maximum Gasteiger partial charge on any atom is 0.326 e. The molecule has 2 fully saturated rings. The molecule has 2 saturated heterocycles. The van der Waals surface area contributed by atoms with Crippen LogP contribution in [0.25, 0.3) is 0 Å². The van der Waals surface area contributed by atoms with Crippen LogP contribution in [0.3, 0.4) is 0 Å². The van der Waals surface area contributed by atoms with Crippen LogP contribution in [0.15, 0.2) is 0 Å². The fourth-order valence-corrected chi connectivity index (χ4v) is 2.41. The Morgan fingerprint density at radius 2 is 2.06 bits per heavy atom. The Morgan fingerprint density at radius 1 is 1.29 bits per heavy atom. The lowest BCUT2D eigenvalue weighted by atomic mass is 10.1. The smallest absolute Gasteiger partial charge is 0.326 e. The van der Waals surface area contributed by atoms with Crippen molar-refractivity contribution in [3.63, 3.8) is 0 Å². The summed E-state index contributed by atoms with van der Waals surface area (Å²) in [4.78, 5) is 24.3. The fraction of sp³-hybridized carbons (Fsp3) is 0.818. The Hall–Kier alpha value is -1.14. The Bertz CT molecular complexity index is 313. The highest BCUT2D eigenvalue weighted by Gasteiger charge is 2.41. The number of ether oxygens (including phenoxy) is 1. The highest BCUT2D eigenvalue weighted by atomic mass is 16.5. The summed E-state index contributed by atoms with van der Waals surface area (Å²) < 4.78 is 5.35. The number of nitrogens with zero attached hydrogens (tertiary/aromatic N) is 1. The van der Waals surface area contributed by atoms with E-state index < -0.39 is 24.2 Å². The molecule has 2 N–H and O–H groups in total. The standard InChI is InChI=1S/C11H17NO5/c13-7-5-8(11(15)16)12(6-7)10(14)9-3-1-2-4-17-9/h7-9,13H,1-6H2,(H,15,16). The molecule has 0 spiro atoms. The molecular weight excluding hydrogens is 226 g/mol. The Kier molecular flexibility index (Phi) is 3.63. The third-order valence-electron chi connectivity index (χ3n) is 3.30. The number of carbonyl (C=O) groups excluding carboxylic acids is 1. The van der Waals surface area contributed by atoms with Crippen LogP contribution in [-0.4, -0.2) is 58.4 Å². The van der Waals surface area contributed by atoms with Crippen LogP contribution in [0.4, 0.5) is 0 Å². The average molecular weight is 243 g/mol. The van der Waals surface area contributed by atoms with E-state index in [0.717, 1.165) is 12.8 Å². The minimum absolute atomic E-state index is 0.0929. The summed E-state index contributed by atoms with van der Waals surface area (Å²) in [6, 6.07) is -0.914. The van der Waals surface area contributed by atoms with Crippen LogP contribution >= 0.6 is 0 Å². The number of hydrogen-bond donors (Lipinski definition) is 2. The lowest BCUT2D eigenvalue weighted by Crippen LogP contribution is -2.47. The molecule has 2 aliphatic heterocycles. The van der Waals surface area contributed by atoms with Crippen molar-refractivity contribution in [2.24, 2.45) is 0 Å². The van der Waals surface area contributed by atoms with E-state index in [0.29, 0.717) is 13.0 Å². The predicted octanol–water partition coefficient (Wildman–Crippen LogP) is -0.398. The summed E-state index contributed by atoms with van der Waals surface area (Å²) in [5.74, 6) is -1.36. The van der Waals surface area contributed by atoms with Crippen molar-refractivity contribution in [2.45, 2.75) is 43.9 Å². The van der Waals surface area contributed by atoms with Crippen molar-refractivity contribution in [1.29, 1.82) is 0 Å². The van der Waals surface area contributed by atoms with E-state index in [2.05, 4.69) is 0 Å². The summed E-state index contributed by atoms with van der Waals surface area (Å²) >= 11 is 0. The fourth-order valence-electron chi connectivity index (χ4n) is 2.41. The number of rotatable bonds is 2. The number of aliphatic hydroxyl groups excluding tert-OH is 1. The van der Waals surface area contributed by atoms with Crippen LogP contribution in [0, 0.1) is 0 Å². The lowest BCUT2D eigenvalue weighted by molar-refractivity contribution is -0.155. The summed E-state index contributed by atoms with van der Waals surface area (Å²) in [6.45, 7) is 0.639. The maximum atomic E-state index is 12.1. The molecule has 3 atom stereocenters. The predicted molar refractivity (Wildman–Crippen MR) is 57.4 cm³/mol. The van der Waals surface area contributed by atoms with Crippen molar-refractivity contribution in [2.75, 3.05) is 13.2 Å². The van der Waals surface area contributed by atoms with Crippen molar-refractivity contribution in [3.8, 4) is 0 Å². The monoisotopic (exact) mass is 243 g/mol. The number of carbonyl (C=O) groups is 2. The second kappa shape index (κ2) is 5.01. The first-order valence-electron chi connectivity index (χ1n) is 5.92. The molecule has 0 bridgehead atoms. The second-order valence-electron chi connectivity index (χ2n) is 4.59. The first-order valence-corrected chi connectivity index (χ1v) is 5.92. The SMILES string of the molecule is O=C(O)C1CC(O)CN1C(=O)C1CCCCO1. The van der Waals surface area contributed by atoms with Crippen LogP contribution < -0.4 is 0 Å². The van der Waals surface area contributed by atoms with Gasteiger partial charge in [-0.2, -0.15) is 0 Å². The number of amides is 1. The van der Waals surface area contributed by atoms with Gasteiger partial charge in [0.1, 0.15) is 12.1 Å². The number of β-amino-alcohol motifs (C(OH)–C–C–N with tert-alkyl or cyclic N) is 1. The molecule has 0 aromatic heterocycles. The maximum absolute atomic E-state index is 12.1. The Morgan fingerprint density at radius 3 is 2.65 bits per heavy atom. The normalized spacial score (nSPS) is 33.7. The third kappa shape index (κ3) is 2.58. The molecule has 96 valence electrons. The molecule has 3 unspecified atom stereocenters. The van der Waals surface area contributed by atoms with Gasteiger partial charge in [0.15, 0.2) is 0 Å². The molecule has 1 amide bonds. The van der Waals surface area contributed by atoms with Gasteiger partial charge in [-0.1, -0.05) is 0 Å². The molecule has 2 heterocycles. The van der Waals surface area contributed by atoms with Crippen molar-refractivity contribution >= 4 is 11.9 Å². The van der Waals surface area contributed by atoms with Crippen molar-refractivity contribution in [3.05, 3.63) is 0 Å². The first-order chi connectivity index (χ1) is 8.09. The number of aliphatic carboxylic acids is 1. The molecule has 6 nitrogen and oxygen atoms in total. The van der Waals surface area contributed by atoms with Gasteiger partial charge in [0.2, 0.25) is 0 Å².